The van der Waals surface area contributed by atoms with Crippen LogP contribution in [0.3, 0.4) is 0 Å². The van der Waals surface area contributed by atoms with Crippen LogP contribution in [-0.4, -0.2) is 6.54 Å². The molecule has 1 aliphatic rings. The second-order valence-corrected chi connectivity index (χ2v) is 4.27. The van der Waals surface area contributed by atoms with E-state index < -0.39 is 0 Å². The Bertz CT molecular complexity index is 259. The van der Waals surface area contributed by atoms with Gasteiger partial charge in [0.2, 0.25) is 0 Å². The molecule has 2 heteroatoms. The lowest BCUT2D eigenvalue weighted by Crippen LogP contribution is -2.12. The van der Waals surface area contributed by atoms with Crippen molar-refractivity contribution in [2.45, 2.75) is 10.3 Å². The normalized spacial score (nSPS) is 22.1. The van der Waals surface area contributed by atoms with Crippen molar-refractivity contribution in [2.75, 3.05) is 11.9 Å². The second kappa shape index (κ2) is 3.01. The lowest BCUT2D eigenvalue weighted by Gasteiger charge is -2.22. The molecule has 1 nitrogen and oxygen atoms in total. The fraction of sp³-hybridized carbons (Fsp3) is 0.333. The smallest absolute Gasteiger partial charge is 0.0396 e. The van der Waals surface area contributed by atoms with E-state index in [9.17, 15) is 0 Å². The van der Waals surface area contributed by atoms with Gasteiger partial charge < -0.3 is 5.32 Å². The summed E-state index contributed by atoms with van der Waals surface area (Å²) < 4.78 is 0.699. The molecule has 0 fully saturated rings. The van der Waals surface area contributed by atoms with Gasteiger partial charge in [0.25, 0.3) is 0 Å². The largest absolute Gasteiger partial charge is 0.385 e. The number of hydrogen-bond acceptors (Lipinski definition) is 1. The zero-order valence-corrected chi connectivity index (χ0v) is 8.34. The first-order valence-corrected chi connectivity index (χ1v) is 5.09. The molecule has 0 aromatic heterocycles. The predicted octanol–water partition coefficient (Wildman–Crippen LogP) is 2.98. The number of alkyl halides is 1. The van der Waals surface area contributed by atoms with Gasteiger partial charge in [-0.3, -0.25) is 0 Å². The van der Waals surface area contributed by atoms with Crippen molar-refractivity contribution in [3.63, 3.8) is 0 Å². The molecule has 0 spiro atoms. The Morgan fingerprint density at radius 1 is 1.36 bits per heavy atom. The summed E-state index contributed by atoms with van der Waals surface area (Å²) in [6.07, 6.45) is 1.25. The van der Waals surface area contributed by atoms with Crippen LogP contribution in [-0.2, 0) is 0 Å². The van der Waals surface area contributed by atoms with Gasteiger partial charge in [-0.15, -0.1) is 0 Å². The third kappa shape index (κ3) is 1.36. The van der Waals surface area contributed by atoms with Gasteiger partial charge in [0, 0.05) is 16.2 Å². The van der Waals surface area contributed by atoms with Gasteiger partial charge in [-0.1, -0.05) is 40.8 Å². The molecule has 0 aliphatic carbocycles. The first-order chi connectivity index (χ1) is 5.38. The minimum Gasteiger partial charge on any atom is -0.385 e. The van der Waals surface area contributed by atoms with Crippen LogP contribution < -0.4 is 5.32 Å². The third-order valence-corrected chi connectivity index (χ3v) is 3.31. The first-order valence-electron chi connectivity index (χ1n) is 3.85. The highest BCUT2D eigenvalue weighted by Gasteiger charge is 2.15. The van der Waals surface area contributed by atoms with Crippen LogP contribution in [0.1, 0.15) is 15.9 Å². The van der Waals surface area contributed by atoms with E-state index in [-0.39, 0.29) is 0 Å². The van der Waals surface area contributed by atoms with Crippen LogP contribution in [0.5, 0.6) is 0 Å². The average Bonchev–Trinajstić information content (AvgIpc) is 2.06. The van der Waals surface area contributed by atoms with Gasteiger partial charge in [-0.05, 0) is 18.1 Å². The predicted molar refractivity (Wildman–Crippen MR) is 56.3 cm³/mol. The minimum atomic E-state index is 0.699. The van der Waals surface area contributed by atoms with E-state index in [0.717, 1.165) is 6.54 Å². The molecule has 0 saturated heterocycles. The monoisotopic (exact) mass is 259 g/mol. The molecule has 0 amide bonds. The van der Waals surface area contributed by atoms with Gasteiger partial charge in [0.05, 0.1) is 0 Å². The molecule has 1 atom stereocenters. The second-order valence-electron chi connectivity index (χ2n) is 2.77. The third-order valence-electron chi connectivity index (χ3n) is 2.01. The molecule has 1 aromatic rings. The van der Waals surface area contributed by atoms with Crippen molar-refractivity contribution >= 4 is 28.3 Å². The first kappa shape index (κ1) is 7.40. The van der Waals surface area contributed by atoms with Crippen LogP contribution in [0.4, 0.5) is 5.69 Å². The number of fused-ring (bicyclic) bond motifs is 1. The van der Waals surface area contributed by atoms with Gasteiger partial charge in [0.1, 0.15) is 0 Å². The highest BCUT2D eigenvalue weighted by atomic mass is 127. The zero-order chi connectivity index (χ0) is 7.68. The zero-order valence-electron chi connectivity index (χ0n) is 6.18. The summed E-state index contributed by atoms with van der Waals surface area (Å²) in [4.78, 5) is 0. The number of benzene rings is 1. The topological polar surface area (TPSA) is 12.0 Å². The minimum absolute atomic E-state index is 0.699. The van der Waals surface area contributed by atoms with Gasteiger partial charge in [-0.2, -0.15) is 0 Å². The Morgan fingerprint density at radius 2 is 2.18 bits per heavy atom. The molecule has 1 aliphatic heterocycles. The molecule has 0 bridgehead atoms. The van der Waals surface area contributed by atoms with Crippen molar-refractivity contribution in [1.82, 2.24) is 0 Å². The molecule has 1 unspecified atom stereocenters. The summed E-state index contributed by atoms with van der Waals surface area (Å²) in [5, 5.41) is 3.39. The van der Waals surface area contributed by atoms with Crippen LogP contribution in [0.15, 0.2) is 24.3 Å². The van der Waals surface area contributed by atoms with E-state index in [2.05, 4.69) is 52.2 Å². The van der Waals surface area contributed by atoms with Crippen molar-refractivity contribution < 1.29 is 0 Å². The lowest BCUT2D eigenvalue weighted by molar-refractivity contribution is 0.835. The Kier molecular flexibility index (Phi) is 2.02. The van der Waals surface area contributed by atoms with Crippen LogP contribution in [0.2, 0.25) is 0 Å². The molecule has 2 rings (SSSR count). The fourth-order valence-corrected chi connectivity index (χ4v) is 2.27. The lowest BCUT2D eigenvalue weighted by atomic mass is 10.0. The quantitative estimate of drug-likeness (QED) is 0.558. The Morgan fingerprint density at radius 3 is 3.00 bits per heavy atom. The van der Waals surface area contributed by atoms with E-state index in [0.29, 0.717) is 3.92 Å². The Balaban J connectivity index is 2.44. The molecule has 0 radical (unpaired) electrons. The van der Waals surface area contributed by atoms with Crippen molar-refractivity contribution in [3.8, 4) is 0 Å². The molecule has 11 heavy (non-hydrogen) atoms. The maximum atomic E-state index is 3.39. The SMILES string of the molecule is IC1CCNc2ccccc21. The van der Waals surface area contributed by atoms with E-state index in [4.69, 9.17) is 0 Å². The molecule has 58 valence electrons. The van der Waals surface area contributed by atoms with E-state index >= 15 is 0 Å². The Labute approximate surface area is 80.3 Å². The van der Waals surface area contributed by atoms with Crippen LogP contribution in [0.25, 0.3) is 0 Å². The summed E-state index contributed by atoms with van der Waals surface area (Å²) in [6, 6.07) is 8.55. The number of halogens is 1. The molecular weight excluding hydrogens is 249 g/mol. The molecular formula is C9H10IN. The summed E-state index contributed by atoms with van der Waals surface area (Å²) in [5.74, 6) is 0. The number of para-hydroxylation sites is 1. The molecule has 1 aromatic carbocycles. The maximum absolute atomic E-state index is 3.39. The number of rotatable bonds is 0. The summed E-state index contributed by atoms with van der Waals surface area (Å²) in [5.41, 5.74) is 2.78. The summed E-state index contributed by atoms with van der Waals surface area (Å²) >= 11 is 2.51. The standard InChI is InChI=1S/C9H10IN/c10-8-5-6-11-9-4-2-1-3-7(8)9/h1-4,8,11H,5-6H2. The maximum Gasteiger partial charge on any atom is 0.0396 e. The number of nitrogens with one attached hydrogen (secondary N) is 1. The van der Waals surface area contributed by atoms with E-state index in [1.54, 1.807) is 0 Å². The molecule has 1 heterocycles. The average molecular weight is 259 g/mol. The van der Waals surface area contributed by atoms with Crippen molar-refractivity contribution in [1.29, 1.82) is 0 Å². The number of hydrogen-bond donors (Lipinski definition) is 1. The Hall–Kier alpha value is -0.250. The van der Waals surface area contributed by atoms with E-state index in [1.165, 1.54) is 17.7 Å². The molecule has 0 saturated carbocycles. The van der Waals surface area contributed by atoms with E-state index in [1.807, 2.05) is 0 Å². The van der Waals surface area contributed by atoms with Crippen molar-refractivity contribution in [3.05, 3.63) is 29.8 Å². The summed E-state index contributed by atoms with van der Waals surface area (Å²) in [7, 11) is 0. The number of anilines is 1. The summed E-state index contributed by atoms with van der Waals surface area (Å²) in [6.45, 7) is 1.12. The van der Waals surface area contributed by atoms with Crippen molar-refractivity contribution in [2.24, 2.45) is 0 Å². The fourth-order valence-electron chi connectivity index (χ4n) is 1.42. The highest BCUT2D eigenvalue weighted by Crippen LogP contribution is 2.35. The van der Waals surface area contributed by atoms with Gasteiger partial charge >= 0.3 is 0 Å². The van der Waals surface area contributed by atoms with Gasteiger partial charge in [-0.25, -0.2) is 0 Å². The highest BCUT2D eigenvalue weighted by molar-refractivity contribution is 14.1. The molecule has 1 N–H and O–H groups in total. The van der Waals surface area contributed by atoms with Crippen LogP contribution >= 0.6 is 22.6 Å². The van der Waals surface area contributed by atoms with Crippen LogP contribution in [0, 0.1) is 0 Å². The van der Waals surface area contributed by atoms with Gasteiger partial charge in [0.15, 0.2) is 0 Å².